The first kappa shape index (κ1) is 14.0. The number of hydrogen-bond acceptors (Lipinski definition) is 2. The lowest BCUT2D eigenvalue weighted by Crippen LogP contribution is -2.51. The summed E-state index contributed by atoms with van der Waals surface area (Å²) in [5.74, 6) is 0. The second-order valence-electron chi connectivity index (χ2n) is 4.89. The Kier molecular flexibility index (Phi) is 4.45. The molecule has 1 aliphatic rings. The molecule has 1 N–H and O–H groups in total. The van der Waals surface area contributed by atoms with Crippen LogP contribution < -0.4 is 4.72 Å². The van der Waals surface area contributed by atoms with E-state index in [0.29, 0.717) is 10.2 Å². The van der Waals surface area contributed by atoms with Gasteiger partial charge in [0.25, 0.3) is 0 Å². The van der Waals surface area contributed by atoms with Crippen molar-refractivity contribution in [3.63, 3.8) is 0 Å². The molecule has 0 radical (unpaired) electrons. The Morgan fingerprint density at radius 3 is 2.28 bits per heavy atom. The van der Waals surface area contributed by atoms with Crippen LogP contribution in [0.25, 0.3) is 0 Å². The van der Waals surface area contributed by atoms with Gasteiger partial charge in [-0.2, -0.15) is 0 Å². The van der Waals surface area contributed by atoms with Gasteiger partial charge in [-0.15, -0.1) is 0 Å². The minimum Gasteiger partial charge on any atom is -0.207 e. The number of sulfonamides is 1. The topological polar surface area (TPSA) is 46.2 Å². The Labute approximate surface area is 117 Å². The van der Waals surface area contributed by atoms with Gasteiger partial charge in [0.2, 0.25) is 10.0 Å². The van der Waals surface area contributed by atoms with Crippen molar-refractivity contribution in [3.8, 4) is 0 Å². The molecular weight excluding hydrogens is 314 g/mol. The Morgan fingerprint density at radius 1 is 1.11 bits per heavy atom. The molecule has 0 aromatic heterocycles. The summed E-state index contributed by atoms with van der Waals surface area (Å²) < 4.78 is 27.6. The Morgan fingerprint density at radius 2 is 1.72 bits per heavy atom. The first-order valence-corrected chi connectivity index (χ1v) is 8.83. The quantitative estimate of drug-likeness (QED) is 0.862. The van der Waals surface area contributed by atoms with Gasteiger partial charge in [-0.25, -0.2) is 13.1 Å². The molecule has 0 bridgehead atoms. The van der Waals surface area contributed by atoms with Crippen LogP contribution in [0.5, 0.6) is 0 Å². The van der Waals surface area contributed by atoms with E-state index in [4.69, 9.17) is 0 Å². The fourth-order valence-electron chi connectivity index (χ4n) is 2.44. The standard InChI is InChI=1S/C13H18BrNO2S/c14-11-13(9-5-2-6-10-13)15-18(16,17)12-7-3-1-4-8-12/h1,3-4,7-8,15H,2,5-6,9-11H2. The van der Waals surface area contributed by atoms with Crippen LogP contribution in [-0.2, 0) is 10.0 Å². The van der Waals surface area contributed by atoms with Crippen molar-refractivity contribution in [3.05, 3.63) is 30.3 Å². The van der Waals surface area contributed by atoms with Crippen LogP contribution in [0.2, 0.25) is 0 Å². The number of rotatable bonds is 4. The highest BCUT2D eigenvalue weighted by atomic mass is 79.9. The predicted molar refractivity (Wildman–Crippen MR) is 76.4 cm³/mol. The van der Waals surface area contributed by atoms with Crippen molar-refractivity contribution in [2.45, 2.75) is 42.5 Å². The lowest BCUT2D eigenvalue weighted by Gasteiger charge is -2.36. The van der Waals surface area contributed by atoms with E-state index in [1.165, 1.54) is 6.42 Å². The summed E-state index contributed by atoms with van der Waals surface area (Å²) in [7, 11) is -3.41. The molecule has 1 aliphatic carbocycles. The van der Waals surface area contributed by atoms with Gasteiger partial charge in [0.05, 0.1) is 4.90 Å². The van der Waals surface area contributed by atoms with Crippen LogP contribution in [0, 0.1) is 0 Å². The van der Waals surface area contributed by atoms with Gasteiger partial charge in [0, 0.05) is 10.9 Å². The van der Waals surface area contributed by atoms with E-state index >= 15 is 0 Å². The Balaban J connectivity index is 2.21. The summed E-state index contributed by atoms with van der Waals surface area (Å²) in [6, 6.07) is 8.58. The van der Waals surface area contributed by atoms with Crippen molar-refractivity contribution in [2.24, 2.45) is 0 Å². The molecule has 0 amide bonds. The van der Waals surface area contributed by atoms with Crippen molar-refractivity contribution in [1.82, 2.24) is 4.72 Å². The lowest BCUT2D eigenvalue weighted by molar-refractivity contribution is 0.301. The molecule has 0 spiro atoms. The van der Waals surface area contributed by atoms with E-state index in [-0.39, 0.29) is 5.54 Å². The predicted octanol–water partition coefficient (Wildman–Crippen LogP) is 3.06. The Bertz CT molecular complexity index is 481. The van der Waals surface area contributed by atoms with Crippen molar-refractivity contribution in [1.29, 1.82) is 0 Å². The van der Waals surface area contributed by atoms with Gasteiger partial charge in [-0.05, 0) is 25.0 Å². The van der Waals surface area contributed by atoms with E-state index in [9.17, 15) is 8.42 Å². The normalized spacial score (nSPS) is 19.6. The molecule has 3 nitrogen and oxygen atoms in total. The largest absolute Gasteiger partial charge is 0.241 e. The van der Waals surface area contributed by atoms with E-state index in [1.54, 1.807) is 24.3 Å². The molecule has 1 aromatic rings. The highest BCUT2D eigenvalue weighted by Crippen LogP contribution is 2.31. The van der Waals surface area contributed by atoms with Crippen LogP contribution >= 0.6 is 15.9 Å². The third kappa shape index (κ3) is 3.13. The molecule has 0 saturated heterocycles. The summed E-state index contributed by atoms with van der Waals surface area (Å²) in [5.41, 5.74) is -0.313. The average molecular weight is 332 g/mol. The first-order valence-electron chi connectivity index (χ1n) is 6.23. The Hall–Kier alpha value is -0.390. The van der Waals surface area contributed by atoms with E-state index in [2.05, 4.69) is 20.7 Å². The zero-order valence-corrected chi connectivity index (χ0v) is 12.6. The van der Waals surface area contributed by atoms with Gasteiger partial charge in [-0.1, -0.05) is 53.4 Å². The zero-order valence-electron chi connectivity index (χ0n) is 10.2. The summed E-state index contributed by atoms with van der Waals surface area (Å²) in [4.78, 5) is 0.343. The molecule has 5 heteroatoms. The van der Waals surface area contributed by atoms with Gasteiger partial charge in [0.15, 0.2) is 0 Å². The van der Waals surface area contributed by atoms with Gasteiger partial charge < -0.3 is 0 Å². The maximum atomic E-state index is 12.3. The second kappa shape index (κ2) is 5.72. The number of alkyl halides is 1. The van der Waals surface area contributed by atoms with Crippen molar-refractivity contribution < 1.29 is 8.42 Å². The summed E-state index contributed by atoms with van der Waals surface area (Å²) in [5, 5.41) is 0.673. The molecule has 0 atom stereocenters. The summed E-state index contributed by atoms with van der Waals surface area (Å²) >= 11 is 3.47. The maximum Gasteiger partial charge on any atom is 0.241 e. The van der Waals surface area contributed by atoms with Gasteiger partial charge >= 0.3 is 0 Å². The third-order valence-corrected chi connectivity index (χ3v) is 6.14. The second-order valence-corrected chi connectivity index (χ2v) is 7.14. The fraction of sp³-hybridized carbons (Fsp3) is 0.538. The molecule has 1 aromatic carbocycles. The molecule has 1 fully saturated rings. The highest BCUT2D eigenvalue weighted by Gasteiger charge is 2.35. The SMILES string of the molecule is O=S(=O)(NC1(CBr)CCCCC1)c1ccccc1. The number of nitrogens with one attached hydrogen (secondary N) is 1. The maximum absolute atomic E-state index is 12.3. The smallest absolute Gasteiger partial charge is 0.207 e. The molecule has 18 heavy (non-hydrogen) atoms. The summed E-state index contributed by atoms with van der Waals surface area (Å²) in [6.45, 7) is 0. The summed E-state index contributed by atoms with van der Waals surface area (Å²) in [6.07, 6.45) is 5.18. The van der Waals surface area contributed by atoms with E-state index in [0.717, 1.165) is 25.7 Å². The number of halogens is 1. The molecular formula is C13H18BrNO2S. The minimum absolute atomic E-state index is 0.313. The monoisotopic (exact) mass is 331 g/mol. The first-order chi connectivity index (χ1) is 8.58. The molecule has 0 heterocycles. The zero-order chi connectivity index (χ0) is 13.1. The van der Waals surface area contributed by atoms with E-state index < -0.39 is 10.0 Å². The van der Waals surface area contributed by atoms with Crippen LogP contribution in [0.15, 0.2) is 35.2 Å². The van der Waals surface area contributed by atoms with E-state index in [1.807, 2.05) is 6.07 Å². The number of hydrogen-bond donors (Lipinski definition) is 1. The van der Waals surface area contributed by atoms with Crippen LogP contribution in [-0.4, -0.2) is 19.3 Å². The van der Waals surface area contributed by atoms with Crippen molar-refractivity contribution in [2.75, 3.05) is 5.33 Å². The van der Waals surface area contributed by atoms with Crippen LogP contribution in [0.3, 0.4) is 0 Å². The average Bonchev–Trinajstić information content (AvgIpc) is 2.40. The van der Waals surface area contributed by atoms with Gasteiger partial charge in [-0.3, -0.25) is 0 Å². The molecule has 0 unspecified atom stereocenters. The molecule has 100 valence electrons. The van der Waals surface area contributed by atoms with Gasteiger partial charge in [0.1, 0.15) is 0 Å². The highest BCUT2D eigenvalue weighted by molar-refractivity contribution is 9.09. The minimum atomic E-state index is -3.41. The number of benzene rings is 1. The fourth-order valence-corrected chi connectivity index (χ4v) is 4.80. The lowest BCUT2D eigenvalue weighted by atomic mass is 9.84. The third-order valence-electron chi connectivity index (χ3n) is 3.47. The van der Waals surface area contributed by atoms with Crippen LogP contribution in [0.4, 0.5) is 0 Å². The van der Waals surface area contributed by atoms with Crippen LogP contribution in [0.1, 0.15) is 32.1 Å². The van der Waals surface area contributed by atoms with Crippen molar-refractivity contribution >= 4 is 26.0 Å². The molecule has 2 rings (SSSR count). The molecule has 0 aliphatic heterocycles. The molecule has 1 saturated carbocycles.